The summed E-state index contributed by atoms with van der Waals surface area (Å²) in [7, 11) is 4.06. The number of likely N-dealkylation sites (tertiary alicyclic amines) is 1. The molecule has 1 aromatic carbocycles. The highest BCUT2D eigenvalue weighted by atomic mass is 32.1. The summed E-state index contributed by atoms with van der Waals surface area (Å²) in [5.74, 6) is 0.0827. The van der Waals surface area contributed by atoms with Gasteiger partial charge in [-0.3, -0.25) is 9.59 Å². The smallest absolute Gasteiger partial charge is 0.246 e. The SMILES string of the molecule is CN(C)C(CNC(=O)C1CCN(C(=O)/C=C/c2ccccc2)CC1)c1ccsc1. The number of benzene rings is 1. The van der Waals surface area contributed by atoms with E-state index in [2.05, 4.69) is 27.0 Å². The van der Waals surface area contributed by atoms with Gasteiger partial charge in [-0.15, -0.1) is 0 Å². The fourth-order valence-electron chi connectivity index (χ4n) is 3.60. The highest BCUT2D eigenvalue weighted by molar-refractivity contribution is 7.07. The van der Waals surface area contributed by atoms with Crippen molar-refractivity contribution in [3.8, 4) is 0 Å². The molecular weight excluding hydrogens is 382 g/mol. The van der Waals surface area contributed by atoms with Gasteiger partial charge in [0.2, 0.25) is 11.8 Å². The van der Waals surface area contributed by atoms with Crippen molar-refractivity contribution in [1.29, 1.82) is 0 Å². The number of carbonyl (C=O) groups is 2. The minimum Gasteiger partial charge on any atom is -0.354 e. The fourth-order valence-corrected chi connectivity index (χ4v) is 4.31. The molecule has 0 radical (unpaired) electrons. The summed E-state index contributed by atoms with van der Waals surface area (Å²) in [6, 6.07) is 12.1. The Balaban J connectivity index is 1.45. The number of thiophene rings is 1. The number of piperidine rings is 1. The van der Waals surface area contributed by atoms with E-state index in [0.29, 0.717) is 32.5 Å². The first-order valence-electron chi connectivity index (χ1n) is 10.0. The van der Waals surface area contributed by atoms with Gasteiger partial charge in [0.1, 0.15) is 0 Å². The summed E-state index contributed by atoms with van der Waals surface area (Å²) in [6.45, 7) is 1.84. The number of rotatable bonds is 7. The molecule has 1 N–H and O–H groups in total. The quantitative estimate of drug-likeness (QED) is 0.711. The highest BCUT2D eigenvalue weighted by Crippen LogP contribution is 2.21. The predicted molar refractivity (Wildman–Crippen MR) is 119 cm³/mol. The van der Waals surface area contributed by atoms with Gasteiger partial charge in [0.15, 0.2) is 0 Å². The summed E-state index contributed by atoms with van der Waals surface area (Å²) in [6.07, 6.45) is 4.88. The molecule has 1 unspecified atom stereocenters. The molecule has 1 fully saturated rings. The third kappa shape index (κ3) is 6.02. The summed E-state index contributed by atoms with van der Waals surface area (Å²) in [5, 5.41) is 7.31. The van der Waals surface area contributed by atoms with Crippen LogP contribution in [0.2, 0.25) is 0 Å². The van der Waals surface area contributed by atoms with E-state index in [0.717, 1.165) is 5.56 Å². The van der Waals surface area contributed by atoms with Crippen LogP contribution in [0.4, 0.5) is 0 Å². The predicted octanol–water partition coefficient (Wildman–Crippen LogP) is 3.42. The average molecular weight is 412 g/mol. The molecule has 1 aliphatic heterocycles. The fraction of sp³-hybridized carbons (Fsp3) is 0.391. The van der Waals surface area contributed by atoms with Crippen LogP contribution in [-0.4, -0.2) is 55.3 Å². The van der Waals surface area contributed by atoms with Crippen LogP contribution in [0, 0.1) is 5.92 Å². The van der Waals surface area contributed by atoms with Gasteiger partial charge >= 0.3 is 0 Å². The number of likely N-dealkylation sites (N-methyl/N-ethyl adjacent to an activating group) is 1. The highest BCUT2D eigenvalue weighted by Gasteiger charge is 2.27. The van der Waals surface area contributed by atoms with Crippen LogP contribution in [0.5, 0.6) is 0 Å². The standard InChI is InChI=1S/C23H29N3O2S/c1-25(2)21(20-12-15-29-17-20)16-24-23(28)19-10-13-26(14-11-19)22(27)9-8-18-6-4-3-5-7-18/h3-9,12,15,17,19,21H,10-11,13-14,16H2,1-2H3,(H,24,28)/b9-8+. The Labute approximate surface area is 177 Å². The number of hydrogen-bond acceptors (Lipinski definition) is 4. The summed E-state index contributed by atoms with van der Waals surface area (Å²) < 4.78 is 0. The lowest BCUT2D eigenvalue weighted by molar-refractivity contribution is -0.132. The number of amides is 2. The lowest BCUT2D eigenvalue weighted by Crippen LogP contribution is -2.44. The monoisotopic (exact) mass is 411 g/mol. The molecule has 6 heteroatoms. The Morgan fingerprint density at radius 3 is 2.55 bits per heavy atom. The van der Waals surface area contributed by atoms with Crippen molar-refractivity contribution in [1.82, 2.24) is 15.1 Å². The van der Waals surface area contributed by atoms with E-state index in [9.17, 15) is 9.59 Å². The molecule has 5 nitrogen and oxygen atoms in total. The molecule has 0 bridgehead atoms. The maximum Gasteiger partial charge on any atom is 0.246 e. The molecular formula is C23H29N3O2S. The van der Waals surface area contributed by atoms with Crippen molar-refractivity contribution in [3.63, 3.8) is 0 Å². The van der Waals surface area contributed by atoms with E-state index >= 15 is 0 Å². The first kappa shape index (κ1) is 21.3. The van der Waals surface area contributed by atoms with Gasteiger partial charge in [0.05, 0.1) is 6.04 Å². The normalized spacial score (nSPS) is 16.3. The average Bonchev–Trinajstić information content (AvgIpc) is 3.27. The third-order valence-electron chi connectivity index (χ3n) is 5.42. The molecule has 154 valence electrons. The Hall–Kier alpha value is -2.44. The van der Waals surface area contributed by atoms with Crippen molar-refractivity contribution < 1.29 is 9.59 Å². The maximum atomic E-state index is 12.6. The molecule has 0 aliphatic carbocycles. The Morgan fingerprint density at radius 1 is 1.21 bits per heavy atom. The van der Waals surface area contributed by atoms with Crippen LogP contribution < -0.4 is 5.32 Å². The van der Waals surface area contributed by atoms with Crippen LogP contribution in [0.3, 0.4) is 0 Å². The molecule has 0 spiro atoms. The molecule has 1 aliphatic rings. The third-order valence-corrected chi connectivity index (χ3v) is 6.12. The zero-order valence-electron chi connectivity index (χ0n) is 17.1. The van der Waals surface area contributed by atoms with Gasteiger partial charge in [-0.25, -0.2) is 0 Å². The topological polar surface area (TPSA) is 52.7 Å². The first-order valence-corrected chi connectivity index (χ1v) is 11.0. The van der Waals surface area contributed by atoms with Gasteiger partial charge in [-0.2, -0.15) is 11.3 Å². The summed E-state index contributed by atoms with van der Waals surface area (Å²) >= 11 is 1.67. The molecule has 0 saturated carbocycles. The molecule has 2 amide bonds. The van der Waals surface area contributed by atoms with Gasteiger partial charge in [0.25, 0.3) is 0 Å². The van der Waals surface area contributed by atoms with E-state index in [-0.39, 0.29) is 23.8 Å². The number of carbonyl (C=O) groups excluding carboxylic acids is 2. The van der Waals surface area contributed by atoms with Gasteiger partial charge in [-0.05, 0) is 61.0 Å². The number of nitrogens with one attached hydrogen (secondary N) is 1. The Bertz CT molecular complexity index is 810. The van der Waals surface area contributed by atoms with Crippen LogP contribution in [0.1, 0.15) is 30.0 Å². The van der Waals surface area contributed by atoms with E-state index in [1.54, 1.807) is 17.4 Å². The Morgan fingerprint density at radius 2 is 1.93 bits per heavy atom. The molecule has 1 atom stereocenters. The van der Waals surface area contributed by atoms with Crippen LogP contribution in [0.25, 0.3) is 6.08 Å². The summed E-state index contributed by atoms with van der Waals surface area (Å²) in [5.41, 5.74) is 2.24. The van der Waals surface area contributed by atoms with Gasteiger partial charge in [0, 0.05) is 31.6 Å². The van der Waals surface area contributed by atoms with Gasteiger partial charge in [-0.1, -0.05) is 30.3 Å². The second kappa shape index (κ2) is 10.4. The van der Waals surface area contributed by atoms with Crippen LogP contribution in [-0.2, 0) is 9.59 Å². The zero-order valence-corrected chi connectivity index (χ0v) is 17.9. The van der Waals surface area contributed by atoms with Crippen molar-refractivity contribution in [2.45, 2.75) is 18.9 Å². The van der Waals surface area contributed by atoms with Gasteiger partial charge < -0.3 is 15.1 Å². The molecule has 1 aromatic heterocycles. The Kier molecular flexibility index (Phi) is 7.61. The maximum absolute atomic E-state index is 12.6. The summed E-state index contributed by atoms with van der Waals surface area (Å²) in [4.78, 5) is 29.0. The van der Waals surface area contributed by atoms with Crippen molar-refractivity contribution >= 4 is 29.2 Å². The molecule has 2 heterocycles. The number of hydrogen-bond donors (Lipinski definition) is 1. The van der Waals surface area contributed by atoms with Crippen LogP contribution >= 0.6 is 11.3 Å². The minimum atomic E-state index is -0.0255. The van der Waals surface area contributed by atoms with E-state index in [1.807, 2.05) is 55.4 Å². The van der Waals surface area contributed by atoms with Crippen molar-refractivity contribution in [2.75, 3.05) is 33.7 Å². The van der Waals surface area contributed by atoms with E-state index in [4.69, 9.17) is 0 Å². The largest absolute Gasteiger partial charge is 0.354 e. The van der Waals surface area contributed by atoms with Crippen molar-refractivity contribution in [3.05, 3.63) is 64.4 Å². The lowest BCUT2D eigenvalue weighted by atomic mass is 9.95. The molecule has 2 aromatic rings. The molecule has 29 heavy (non-hydrogen) atoms. The number of nitrogens with zero attached hydrogens (tertiary/aromatic N) is 2. The second-order valence-electron chi connectivity index (χ2n) is 7.62. The zero-order chi connectivity index (χ0) is 20.6. The lowest BCUT2D eigenvalue weighted by Gasteiger charge is -2.31. The molecule has 1 saturated heterocycles. The first-order chi connectivity index (χ1) is 14.0. The second-order valence-corrected chi connectivity index (χ2v) is 8.40. The molecule has 3 rings (SSSR count). The minimum absolute atomic E-state index is 0.0119. The van der Waals surface area contributed by atoms with Crippen molar-refractivity contribution in [2.24, 2.45) is 5.92 Å². The van der Waals surface area contributed by atoms with E-state index in [1.165, 1.54) is 5.56 Å². The van der Waals surface area contributed by atoms with Crippen LogP contribution in [0.15, 0.2) is 53.2 Å². The van der Waals surface area contributed by atoms with E-state index < -0.39 is 0 Å².